The Balaban J connectivity index is 1.35. The number of nitrogens with one attached hydrogen (secondary N) is 1. The number of amides is 1. The highest BCUT2D eigenvalue weighted by Gasteiger charge is 2.16. The van der Waals surface area contributed by atoms with Crippen LogP contribution in [0, 0.1) is 13.8 Å². The Kier molecular flexibility index (Phi) is 7.40. The molecule has 0 saturated carbocycles. The first kappa shape index (κ1) is 20.3. The summed E-state index contributed by atoms with van der Waals surface area (Å²) in [7, 11) is 0. The number of rotatable bonds is 7. The number of anilines is 1. The second-order valence-corrected chi connectivity index (χ2v) is 7.57. The highest BCUT2D eigenvalue weighted by molar-refractivity contribution is 5.91. The molecule has 1 N–H and O–H groups in total. The van der Waals surface area contributed by atoms with Gasteiger partial charge in [0.25, 0.3) is 0 Å². The second kappa shape index (κ2) is 10.2. The van der Waals surface area contributed by atoms with E-state index in [-0.39, 0.29) is 5.91 Å². The Morgan fingerprint density at radius 1 is 1.00 bits per heavy atom. The van der Waals surface area contributed by atoms with Crippen molar-refractivity contribution in [1.82, 2.24) is 9.80 Å². The normalized spacial score (nSPS) is 15.8. The molecule has 0 spiro atoms. The summed E-state index contributed by atoms with van der Waals surface area (Å²) in [5.41, 5.74) is 4.50. The number of hydrogen-bond acceptors (Lipinski definition) is 3. The number of benzene rings is 2. The van der Waals surface area contributed by atoms with E-state index in [0.717, 1.165) is 50.5 Å². The third-order valence-corrected chi connectivity index (χ3v) is 5.25. The zero-order chi connectivity index (χ0) is 19.8. The van der Waals surface area contributed by atoms with Crippen LogP contribution in [0.3, 0.4) is 0 Å². The van der Waals surface area contributed by atoms with Gasteiger partial charge in [-0.2, -0.15) is 0 Å². The number of hydrogen-bond donors (Lipinski definition) is 1. The molecule has 1 fully saturated rings. The molecule has 0 radical (unpaired) electrons. The van der Waals surface area contributed by atoms with Crippen LogP contribution in [0.4, 0.5) is 5.69 Å². The minimum absolute atomic E-state index is 0.0974. The van der Waals surface area contributed by atoms with Gasteiger partial charge in [0.1, 0.15) is 0 Å². The van der Waals surface area contributed by atoms with E-state index in [1.165, 1.54) is 11.1 Å². The number of aryl methyl sites for hydroxylation is 2. The Hall–Kier alpha value is -2.43. The maximum atomic E-state index is 12.3. The predicted octanol–water partition coefficient (Wildman–Crippen LogP) is 3.96. The summed E-state index contributed by atoms with van der Waals surface area (Å²) in [6.45, 7) is 10.1. The van der Waals surface area contributed by atoms with E-state index in [0.29, 0.717) is 6.42 Å². The van der Waals surface area contributed by atoms with Crippen molar-refractivity contribution in [3.8, 4) is 0 Å². The molecule has 4 heteroatoms. The number of carbonyl (C=O) groups is 1. The van der Waals surface area contributed by atoms with E-state index in [4.69, 9.17) is 0 Å². The summed E-state index contributed by atoms with van der Waals surface area (Å²) < 4.78 is 0. The topological polar surface area (TPSA) is 35.6 Å². The first-order valence-electron chi connectivity index (χ1n) is 10.1. The molecule has 148 valence electrons. The standard InChI is InChI=1S/C24H31N3O/c1-20-10-11-23(21(2)19-20)25-24(28)12-14-27-17-15-26(16-18-27)13-6-9-22-7-4-3-5-8-22/h3-11,19H,12-18H2,1-2H3,(H,25,28)/b9-6+. The zero-order valence-electron chi connectivity index (χ0n) is 17.0. The van der Waals surface area contributed by atoms with Crippen molar-refractivity contribution in [2.45, 2.75) is 20.3 Å². The lowest BCUT2D eigenvalue weighted by molar-refractivity contribution is -0.116. The summed E-state index contributed by atoms with van der Waals surface area (Å²) in [6.07, 6.45) is 4.97. The fourth-order valence-corrected chi connectivity index (χ4v) is 3.52. The number of nitrogens with zero attached hydrogens (tertiary/aromatic N) is 2. The van der Waals surface area contributed by atoms with E-state index in [1.54, 1.807) is 0 Å². The van der Waals surface area contributed by atoms with Crippen molar-refractivity contribution < 1.29 is 4.79 Å². The molecule has 0 atom stereocenters. The molecule has 0 unspecified atom stereocenters. The van der Waals surface area contributed by atoms with Crippen LogP contribution >= 0.6 is 0 Å². The maximum Gasteiger partial charge on any atom is 0.225 e. The fourth-order valence-electron chi connectivity index (χ4n) is 3.52. The van der Waals surface area contributed by atoms with Gasteiger partial charge in [0.2, 0.25) is 5.91 Å². The summed E-state index contributed by atoms with van der Waals surface area (Å²) >= 11 is 0. The lowest BCUT2D eigenvalue weighted by Crippen LogP contribution is -2.46. The highest BCUT2D eigenvalue weighted by Crippen LogP contribution is 2.16. The van der Waals surface area contributed by atoms with E-state index in [2.05, 4.69) is 64.5 Å². The first-order valence-corrected chi connectivity index (χ1v) is 10.1. The smallest absolute Gasteiger partial charge is 0.225 e. The van der Waals surface area contributed by atoms with E-state index < -0.39 is 0 Å². The average molecular weight is 378 g/mol. The quantitative estimate of drug-likeness (QED) is 0.793. The van der Waals surface area contributed by atoms with Crippen LogP contribution in [0.1, 0.15) is 23.1 Å². The van der Waals surface area contributed by atoms with Crippen molar-refractivity contribution in [2.24, 2.45) is 0 Å². The number of carbonyl (C=O) groups excluding carboxylic acids is 1. The molecule has 0 bridgehead atoms. The lowest BCUT2D eigenvalue weighted by atomic mass is 10.1. The van der Waals surface area contributed by atoms with Crippen LogP contribution in [0.15, 0.2) is 54.6 Å². The molecule has 0 aromatic heterocycles. The van der Waals surface area contributed by atoms with Crippen molar-refractivity contribution in [1.29, 1.82) is 0 Å². The van der Waals surface area contributed by atoms with Gasteiger partial charge in [-0.1, -0.05) is 60.2 Å². The molecular weight excluding hydrogens is 346 g/mol. The molecule has 1 saturated heterocycles. The van der Waals surface area contributed by atoms with E-state index in [9.17, 15) is 4.79 Å². The third kappa shape index (κ3) is 6.32. The van der Waals surface area contributed by atoms with Crippen LogP contribution < -0.4 is 5.32 Å². The van der Waals surface area contributed by atoms with Gasteiger partial charge in [-0.05, 0) is 31.0 Å². The third-order valence-electron chi connectivity index (χ3n) is 5.25. The largest absolute Gasteiger partial charge is 0.326 e. The summed E-state index contributed by atoms with van der Waals surface area (Å²) in [5, 5.41) is 3.04. The van der Waals surface area contributed by atoms with Crippen LogP contribution in [0.25, 0.3) is 6.08 Å². The van der Waals surface area contributed by atoms with Gasteiger partial charge in [0, 0.05) is 51.4 Å². The summed E-state index contributed by atoms with van der Waals surface area (Å²) in [6, 6.07) is 16.5. The van der Waals surface area contributed by atoms with Gasteiger partial charge in [0.05, 0.1) is 0 Å². The van der Waals surface area contributed by atoms with Crippen LogP contribution in [0.5, 0.6) is 0 Å². The Bertz CT molecular complexity index is 793. The summed E-state index contributed by atoms with van der Waals surface area (Å²) in [5.74, 6) is 0.0974. The Morgan fingerprint density at radius 3 is 2.43 bits per heavy atom. The maximum absolute atomic E-state index is 12.3. The van der Waals surface area contributed by atoms with Gasteiger partial charge in [-0.15, -0.1) is 0 Å². The minimum atomic E-state index is 0.0974. The highest BCUT2D eigenvalue weighted by atomic mass is 16.1. The Labute approximate surface area is 168 Å². The molecule has 2 aromatic carbocycles. The molecule has 1 heterocycles. The van der Waals surface area contributed by atoms with Crippen LogP contribution in [-0.2, 0) is 4.79 Å². The molecule has 1 aliphatic rings. The van der Waals surface area contributed by atoms with Gasteiger partial charge < -0.3 is 10.2 Å². The molecule has 1 aliphatic heterocycles. The van der Waals surface area contributed by atoms with Crippen molar-refractivity contribution in [3.63, 3.8) is 0 Å². The van der Waals surface area contributed by atoms with Gasteiger partial charge in [-0.3, -0.25) is 9.69 Å². The van der Waals surface area contributed by atoms with Crippen LogP contribution in [-0.4, -0.2) is 55.0 Å². The zero-order valence-corrected chi connectivity index (χ0v) is 17.0. The van der Waals surface area contributed by atoms with Gasteiger partial charge in [0.15, 0.2) is 0 Å². The SMILES string of the molecule is Cc1ccc(NC(=O)CCN2CCN(C/C=C/c3ccccc3)CC2)c(C)c1. The minimum Gasteiger partial charge on any atom is -0.326 e. The average Bonchev–Trinajstić information content (AvgIpc) is 2.70. The molecule has 1 amide bonds. The predicted molar refractivity (Wildman–Crippen MR) is 118 cm³/mol. The molecule has 3 rings (SSSR count). The lowest BCUT2D eigenvalue weighted by Gasteiger charge is -2.34. The molecule has 2 aromatic rings. The van der Waals surface area contributed by atoms with E-state index in [1.807, 2.05) is 25.1 Å². The van der Waals surface area contributed by atoms with Gasteiger partial charge >= 0.3 is 0 Å². The Morgan fingerprint density at radius 2 is 1.71 bits per heavy atom. The molecule has 0 aliphatic carbocycles. The van der Waals surface area contributed by atoms with E-state index >= 15 is 0 Å². The molecule has 28 heavy (non-hydrogen) atoms. The second-order valence-electron chi connectivity index (χ2n) is 7.57. The van der Waals surface area contributed by atoms with Crippen molar-refractivity contribution in [2.75, 3.05) is 44.6 Å². The first-order chi connectivity index (χ1) is 13.6. The number of piperazine rings is 1. The van der Waals surface area contributed by atoms with Crippen molar-refractivity contribution >= 4 is 17.7 Å². The van der Waals surface area contributed by atoms with Gasteiger partial charge in [-0.25, -0.2) is 0 Å². The fraction of sp³-hybridized carbons (Fsp3) is 0.375. The monoisotopic (exact) mass is 377 g/mol. The van der Waals surface area contributed by atoms with Crippen molar-refractivity contribution in [3.05, 3.63) is 71.3 Å². The van der Waals surface area contributed by atoms with Crippen LogP contribution in [0.2, 0.25) is 0 Å². The molecule has 4 nitrogen and oxygen atoms in total. The molecular formula is C24H31N3O. The summed E-state index contributed by atoms with van der Waals surface area (Å²) in [4.78, 5) is 17.1.